The van der Waals surface area contributed by atoms with Crippen molar-refractivity contribution in [2.45, 2.75) is 24.8 Å². The predicted molar refractivity (Wildman–Crippen MR) is 90.7 cm³/mol. The summed E-state index contributed by atoms with van der Waals surface area (Å²) in [5, 5.41) is 3.67. The molecule has 0 saturated carbocycles. The Morgan fingerprint density at radius 3 is 2.96 bits per heavy atom. The molecule has 0 amide bonds. The lowest BCUT2D eigenvalue weighted by molar-refractivity contribution is -0.671. The van der Waals surface area contributed by atoms with Crippen molar-refractivity contribution in [1.82, 2.24) is 9.55 Å². The molecule has 12 heteroatoms. The van der Waals surface area contributed by atoms with Crippen LogP contribution in [0.5, 0.6) is 0 Å². The van der Waals surface area contributed by atoms with Crippen LogP contribution in [0.1, 0.15) is 23.0 Å². The van der Waals surface area contributed by atoms with Crippen molar-refractivity contribution in [3.8, 4) is 0 Å². The molecular formula is C16H17IN6O5. The molecule has 1 saturated heterocycles. The number of hydrogen-bond acceptors (Lipinski definition) is 6. The quantitative estimate of drug-likeness (QED) is 0.118. The maximum atomic E-state index is 12.2. The lowest BCUT2D eigenvalue weighted by atomic mass is 10.1. The number of rotatable bonds is 5. The van der Waals surface area contributed by atoms with Gasteiger partial charge in [-0.1, -0.05) is 5.11 Å². The molecule has 3 heterocycles. The molecule has 1 aliphatic heterocycles. The molecular weight excluding hydrogens is 483 g/mol. The fraction of sp³-hybridized carbons (Fsp3) is 0.375. The molecule has 2 aromatic rings. The molecule has 2 aromatic heterocycles. The van der Waals surface area contributed by atoms with Gasteiger partial charge in [0.25, 0.3) is 5.56 Å². The zero-order chi connectivity index (χ0) is 19.4. The first-order valence-corrected chi connectivity index (χ1v) is 8.11. The van der Waals surface area contributed by atoms with Gasteiger partial charge in [-0.25, -0.2) is 14.2 Å². The minimum absolute atomic E-state index is 0. The van der Waals surface area contributed by atoms with E-state index in [1.54, 1.807) is 36.1 Å². The molecule has 3 rings (SSSR count). The fourth-order valence-electron chi connectivity index (χ4n) is 2.83. The predicted octanol–water partition coefficient (Wildman–Crippen LogP) is -2.81. The maximum Gasteiger partial charge on any atom is 0.344 e. The molecule has 1 fully saturated rings. The van der Waals surface area contributed by atoms with Crippen LogP contribution < -0.4 is 39.8 Å². The van der Waals surface area contributed by atoms with E-state index in [1.165, 1.54) is 16.8 Å². The van der Waals surface area contributed by atoms with E-state index in [1.807, 2.05) is 0 Å². The van der Waals surface area contributed by atoms with E-state index >= 15 is 0 Å². The molecule has 148 valence electrons. The van der Waals surface area contributed by atoms with Crippen molar-refractivity contribution in [1.29, 1.82) is 0 Å². The minimum atomic E-state index is -0.747. The molecule has 0 bridgehead atoms. The summed E-state index contributed by atoms with van der Waals surface area (Å²) >= 11 is 0. The zero-order valence-corrected chi connectivity index (χ0v) is 16.9. The second-order valence-corrected chi connectivity index (χ2v) is 6.01. The smallest absolute Gasteiger partial charge is 0.344 e. The fourth-order valence-corrected chi connectivity index (χ4v) is 2.83. The molecule has 0 aliphatic carbocycles. The van der Waals surface area contributed by atoms with E-state index in [4.69, 9.17) is 15.0 Å². The van der Waals surface area contributed by atoms with Crippen LogP contribution in [0.3, 0.4) is 0 Å². The number of aryl methyl sites for hydroxylation is 1. The first kappa shape index (κ1) is 21.6. The highest BCUT2D eigenvalue weighted by Crippen LogP contribution is 2.30. The van der Waals surface area contributed by atoms with E-state index in [0.29, 0.717) is 5.56 Å². The van der Waals surface area contributed by atoms with E-state index in [-0.39, 0.29) is 37.0 Å². The van der Waals surface area contributed by atoms with Crippen LogP contribution in [-0.4, -0.2) is 34.3 Å². The number of hydrogen-bond donors (Lipinski definition) is 1. The Hall–Kier alpha value is -2.70. The van der Waals surface area contributed by atoms with E-state index in [0.717, 1.165) is 0 Å². The average Bonchev–Trinajstić information content (AvgIpc) is 3.02. The summed E-state index contributed by atoms with van der Waals surface area (Å²) in [6, 6.07) is 3.89. The molecule has 0 aromatic carbocycles. The molecule has 0 radical (unpaired) electrons. The highest BCUT2D eigenvalue weighted by molar-refractivity contribution is 5.88. The van der Waals surface area contributed by atoms with Gasteiger partial charge in [-0.3, -0.25) is 14.3 Å². The molecule has 11 nitrogen and oxygen atoms in total. The first-order chi connectivity index (χ1) is 13.0. The summed E-state index contributed by atoms with van der Waals surface area (Å²) < 4.78 is 13.9. The van der Waals surface area contributed by atoms with E-state index < -0.39 is 35.6 Å². The number of carbonyl (C=O) groups is 1. The largest absolute Gasteiger partial charge is 1.00 e. The van der Waals surface area contributed by atoms with Crippen molar-refractivity contribution in [2.75, 3.05) is 6.61 Å². The van der Waals surface area contributed by atoms with Gasteiger partial charge in [-0.15, -0.1) is 0 Å². The Balaban J connectivity index is 0.00000280. The van der Waals surface area contributed by atoms with Crippen LogP contribution in [0.25, 0.3) is 10.4 Å². The molecule has 0 spiro atoms. The number of esters is 1. The summed E-state index contributed by atoms with van der Waals surface area (Å²) in [5.74, 6) is -0.542. The highest BCUT2D eigenvalue weighted by Gasteiger charge is 2.37. The van der Waals surface area contributed by atoms with Gasteiger partial charge < -0.3 is 33.5 Å². The Morgan fingerprint density at radius 1 is 1.50 bits per heavy atom. The van der Waals surface area contributed by atoms with Gasteiger partial charge in [0.15, 0.2) is 12.4 Å². The van der Waals surface area contributed by atoms with Gasteiger partial charge in [-0.05, 0) is 11.6 Å². The van der Waals surface area contributed by atoms with Crippen LogP contribution >= 0.6 is 0 Å². The standard InChI is InChI=1S/C16H16N6O5.HI/c1-21-5-2-3-10(8-21)15(24)26-9-12-11(19-20-17)7-14(27-12)22-6-4-13(23)18-16(22)25;/h2-6,8,11-12,14H,7,9H2,1H3;1H. The van der Waals surface area contributed by atoms with Crippen molar-refractivity contribution in [3.05, 3.63) is 73.6 Å². The molecule has 3 atom stereocenters. The number of H-pyrrole nitrogens is 1. The van der Waals surface area contributed by atoms with Gasteiger partial charge in [0.1, 0.15) is 31.5 Å². The topological polar surface area (TPSA) is 143 Å². The van der Waals surface area contributed by atoms with Crippen LogP contribution in [0.15, 0.2) is 51.5 Å². The van der Waals surface area contributed by atoms with Gasteiger partial charge in [-0.2, -0.15) is 0 Å². The van der Waals surface area contributed by atoms with Gasteiger partial charge >= 0.3 is 11.7 Å². The number of aromatic amines is 1. The van der Waals surface area contributed by atoms with Crippen LogP contribution in [0, 0.1) is 0 Å². The van der Waals surface area contributed by atoms with Crippen molar-refractivity contribution in [2.24, 2.45) is 12.2 Å². The number of nitrogens with zero attached hydrogens (tertiary/aromatic N) is 5. The van der Waals surface area contributed by atoms with Gasteiger partial charge in [0.2, 0.25) is 0 Å². The Labute approximate surface area is 175 Å². The van der Waals surface area contributed by atoms with Crippen molar-refractivity contribution >= 4 is 5.97 Å². The normalized spacial score (nSPS) is 20.7. The zero-order valence-electron chi connectivity index (χ0n) is 14.8. The third kappa shape index (κ3) is 4.97. The van der Waals surface area contributed by atoms with Gasteiger partial charge in [0, 0.05) is 29.7 Å². The number of ether oxygens (including phenoxy) is 2. The average molecular weight is 500 g/mol. The number of pyridine rings is 1. The lowest BCUT2D eigenvalue weighted by Gasteiger charge is -2.16. The summed E-state index contributed by atoms with van der Waals surface area (Å²) in [6.07, 6.45) is 3.44. The first-order valence-electron chi connectivity index (χ1n) is 8.11. The van der Waals surface area contributed by atoms with E-state index in [2.05, 4.69) is 15.0 Å². The molecule has 1 aliphatic rings. The molecule has 3 unspecified atom stereocenters. The summed E-state index contributed by atoms with van der Waals surface area (Å²) in [4.78, 5) is 40.2. The lowest BCUT2D eigenvalue weighted by Crippen LogP contribution is -3.00. The number of azide groups is 1. The second-order valence-electron chi connectivity index (χ2n) is 6.01. The molecule has 28 heavy (non-hydrogen) atoms. The maximum absolute atomic E-state index is 12.2. The summed E-state index contributed by atoms with van der Waals surface area (Å²) in [5.41, 5.74) is 7.96. The summed E-state index contributed by atoms with van der Waals surface area (Å²) in [7, 11) is 1.78. The minimum Gasteiger partial charge on any atom is -1.00 e. The monoisotopic (exact) mass is 500 g/mol. The number of carbonyl (C=O) groups excluding carboxylic acids is 1. The third-order valence-corrected chi connectivity index (χ3v) is 4.12. The summed E-state index contributed by atoms with van der Waals surface area (Å²) in [6.45, 7) is -0.143. The van der Waals surface area contributed by atoms with Crippen LogP contribution in [0.4, 0.5) is 0 Å². The second kappa shape index (κ2) is 9.48. The Kier molecular flexibility index (Phi) is 7.31. The van der Waals surface area contributed by atoms with Crippen molar-refractivity contribution in [3.63, 3.8) is 0 Å². The van der Waals surface area contributed by atoms with Crippen LogP contribution in [-0.2, 0) is 16.5 Å². The van der Waals surface area contributed by atoms with E-state index in [9.17, 15) is 14.4 Å². The SMILES string of the molecule is C[n+]1cccc(C(=O)OCC2OC(n3ccc(=O)[nH]c3=O)CC2N=[N+]=[N-])c1.[I-]. The number of nitrogens with one attached hydrogen (secondary N) is 1. The van der Waals surface area contributed by atoms with Crippen molar-refractivity contribution < 1.29 is 42.8 Å². The Morgan fingerprint density at radius 2 is 2.29 bits per heavy atom. The number of aromatic nitrogens is 3. The van der Waals surface area contributed by atoms with Crippen LogP contribution in [0.2, 0.25) is 0 Å². The van der Waals surface area contributed by atoms with Gasteiger partial charge in [0.05, 0.1) is 6.04 Å². The molecule has 1 N–H and O–H groups in total. The highest BCUT2D eigenvalue weighted by atomic mass is 127. The third-order valence-electron chi connectivity index (χ3n) is 4.12. The number of halogens is 1. The Bertz CT molecular complexity index is 1010.